The molecule has 1 aromatic heterocycles. The molecule has 0 spiro atoms. The van der Waals surface area contributed by atoms with Gasteiger partial charge >= 0.3 is 0 Å². The molecule has 0 fully saturated rings. The summed E-state index contributed by atoms with van der Waals surface area (Å²) in [6.07, 6.45) is 1.85. The lowest BCUT2D eigenvalue weighted by Crippen LogP contribution is -1.92. The quantitative estimate of drug-likeness (QED) is 0.555. The smallest absolute Gasteiger partial charge is 0.119 e. The normalized spacial score (nSPS) is 10.8. The first-order chi connectivity index (χ1) is 9.19. The van der Waals surface area contributed by atoms with Crippen molar-refractivity contribution in [3.8, 4) is 5.75 Å². The van der Waals surface area contributed by atoms with Crippen molar-refractivity contribution in [1.29, 1.82) is 5.41 Å². The molecule has 0 aliphatic heterocycles. The molecule has 0 saturated heterocycles. The number of aromatic nitrogens is 1. The summed E-state index contributed by atoms with van der Waals surface area (Å²) in [4.78, 5) is 4.48. The van der Waals surface area contributed by atoms with E-state index in [9.17, 15) is 0 Å². The Morgan fingerprint density at radius 1 is 1.11 bits per heavy atom. The van der Waals surface area contributed by atoms with Crippen LogP contribution < -0.4 is 4.74 Å². The van der Waals surface area contributed by atoms with Crippen LogP contribution in [0.2, 0.25) is 0 Å². The molecule has 0 radical (unpaired) electrons. The molecule has 0 atom stereocenters. The Labute approximate surface area is 111 Å². The van der Waals surface area contributed by atoms with Gasteiger partial charge in [0.05, 0.1) is 12.6 Å². The van der Waals surface area contributed by atoms with Gasteiger partial charge in [-0.05, 0) is 42.1 Å². The van der Waals surface area contributed by atoms with E-state index in [1.54, 1.807) is 14.0 Å². The van der Waals surface area contributed by atoms with Crippen LogP contribution in [0.1, 0.15) is 12.5 Å². The highest BCUT2D eigenvalue weighted by atomic mass is 16.5. The van der Waals surface area contributed by atoms with Crippen molar-refractivity contribution in [2.24, 2.45) is 0 Å². The maximum absolute atomic E-state index is 7.68. The number of nitrogens with zero attached hydrogens (tertiary/aromatic N) is 1. The molecule has 2 aromatic carbocycles. The zero-order valence-corrected chi connectivity index (χ0v) is 10.9. The topological polar surface area (TPSA) is 46.0 Å². The van der Waals surface area contributed by atoms with Gasteiger partial charge < -0.3 is 10.1 Å². The van der Waals surface area contributed by atoms with E-state index in [0.717, 1.165) is 33.0 Å². The highest BCUT2D eigenvalue weighted by Gasteiger charge is 2.05. The summed E-state index contributed by atoms with van der Waals surface area (Å²) in [7, 11) is 1.66. The summed E-state index contributed by atoms with van der Waals surface area (Å²) in [6, 6.07) is 12.0. The number of methoxy groups -OCH3 is 1. The maximum atomic E-state index is 7.68. The first kappa shape index (κ1) is 11.7. The van der Waals surface area contributed by atoms with E-state index in [2.05, 4.69) is 11.1 Å². The van der Waals surface area contributed by atoms with E-state index in [1.807, 2.05) is 36.5 Å². The van der Waals surface area contributed by atoms with Crippen molar-refractivity contribution in [1.82, 2.24) is 4.98 Å². The third-order valence-electron chi connectivity index (χ3n) is 3.32. The van der Waals surface area contributed by atoms with Crippen LogP contribution in [-0.4, -0.2) is 17.8 Å². The molecule has 1 N–H and O–H groups in total. The maximum Gasteiger partial charge on any atom is 0.119 e. The second-order valence-electron chi connectivity index (χ2n) is 4.57. The number of hydrogen-bond acceptors (Lipinski definition) is 3. The van der Waals surface area contributed by atoms with E-state index in [-0.39, 0.29) is 0 Å². The molecule has 3 nitrogen and oxygen atoms in total. The summed E-state index contributed by atoms with van der Waals surface area (Å²) in [6.45, 7) is 1.78. The second-order valence-corrected chi connectivity index (χ2v) is 4.57. The van der Waals surface area contributed by atoms with Crippen LogP contribution in [0.4, 0.5) is 0 Å². The minimum atomic E-state index is 0.554. The zero-order chi connectivity index (χ0) is 13.4. The molecule has 94 valence electrons. The van der Waals surface area contributed by atoms with Crippen LogP contribution in [0.3, 0.4) is 0 Å². The summed E-state index contributed by atoms with van der Waals surface area (Å²) < 4.78 is 5.23. The van der Waals surface area contributed by atoms with E-state index in [4.69, 9.17) is 10.1 Å². The van der Waals surface area contributed by atoms with Gasteiger partial charge in [-0.15, -0.1) is 0 Å². The molecule has 19 heavy (non-hydrogen) atoms. The fraction of sp³-hybridized carbons (Fsp3) is 0.125. The number of benzene rings is 2. The summed E-state index contributed by atoms with van der Waals surface area (Å²) in [5.41, 5.74) is 2.38. The Bertz CT molecular complexity index is 793. The average Bonchev–Trinajstić information content (AvgIpc) is 2.45. The minimum absolute atomic E-state index is 0.554. The third-order valence-corrected chi connectivity index (χ3v) is 3.32. The molecular formula is C16H14N2O. The number of rotatable bonds is 2. The van der Waals surface area contributed by atoms with Gasteiger partial charge in [0.25, 0.3) is 0 Å². The van der Waals surface area contributed by atoms with Gasteiger partial charge in [-0.3, -0.25) is 4.98 Å². The van der Waals surface area contributed by atoms with Crippen molar-refractivity contribution in [2.45, 2.75) is 6.92 Å². The molecule has 3 heteroatoms. The summed E-state index contributed by atoms with van der Waals surface area (Å²) in [5.74, 6) is 0.834. The first-order valence-electron chi connectivity index (χ1n) is 6.11. The largest absolute Gasteiger partial charge is 0.497 e. The molecule has 0 amide bonds. The van der Waals surface area contributed by atoms with Crippen molar-refractivity contribution in [2.75, 3.05) is 7.11 Å². The van der Waals surface area contributed by atoms with Crippen LogP contribution in [0.5, 0.6) is 5.75 Å². The lowest BCUT2D eigenvalue weighted by atomic mass is 10.0. The van der Waals surface area contributed by atoms with Crippen LogP contribution in [-0.2, 0) is 0 Å². The highest BCUT2D eigenvalue weighted by Crippen LogP contribution is 2.27. The van der Waals surface area contributed by atoms with Crippen molar-refractivity contribution >= 4 is 27.4 Å². The third kappa shape index (κ3) is 1.93. The predicted molar refractivity (Wildman–Crippen MR) is 78.3 cm³/mol. The number of hydrogen-bond donors (Lipinski definition) is 1. The Balaban J connectivity index is 2.31. The Morgan fingerprint density at radius 2 is 1.89 bits per heavy atom. The van der Waals surface area contributed by atoms with Gasteiger partial charge in [-0.1, -0.05) is 12.1 Å². The Hall–Kier alpha value is -2.42. The van der Waals surface area contributed by atoms with E-state index in [1.165, 1.54) is 0 Å². The van der Waals surface area contributed by atoms with Gasteiger partial charge in [0.15, 0.2) is 0 Å². The molecule has 0 saturated carbocycles. The number of pyridine rings is 1. The number of ether oxygens (including phenoxy) is 1. The van der Waals surface area contributed by atoms with E-state index >= 15 is 0 Å². The summed E-state index contributed by atoms with van der Waals surface area (Å²) in [5, 5.41) is 11.0. The molecule has 0 aliphatic carbocycles. The number of fused-ring (bicyclic) bond motifs is 3. The molecular weight excluding hydrogens is 236 g/mol. The lowest BCUT2D eigenvalue weighted by Gasteiger charge is -2.07. The molecule has 1 heterocycles. The molecule has 3 aromatic rings. The fourth-order valence-corrected chi connectivity index (χ4v) is 2.26. The van der Waals surface area contributed by atoms with Crippen molar-refractivity contribution in [3.63, 3.8) is 0 Å². The van der Waals surface area contributed by atoms with Gasteiger partial charge in [-0.2, -0.15) is 0 Å². The summed E-state index contributed by atoms with van der Waals surface area (Å²) >= 11 is 0. The van der Waals surface area contributed by atoms with E-state index < -0.39 is 0 Å². The predicted octanol–water partition coefficient (Wildman–Crippen LogP) is 3.78. The van der Waals surface area contributed by atoms with Crippen LogP contribution in [0, 0.1) is 5.41 Å². The molecule has 0 bridgehead atoms. The van der Waals surface area contributed by atoms with Gasteiger partial charge in [0.2, 0.25) is 0 Å². The number of nitrogens with one attached hydrogen (secondary N) is 1. The minimum Gasteiger partial charge on any atom is -0.497 e. The SMILES string of the molecule is COc1ccc2c(cnc3cc(C(C)=N)ccc32)c1. The standard InChI is InChI=1S/C16H14N2O/c1-10(17)11-3-5-15-14-6-4-13(19-2)7-12(14)9-18-16(15)8-11/h3-9,17H,1-2H3. The zero-order valence-electron chi connectivity index (χ0n) is 10.9. The first-order valence-corrected chi connectivity index (χ1v) is 6.11. The Morgan fingerprint density at radius 3 is 2.63 bits per heavy atom. The van der Waals surface area contributed by atoms with Crippen LogP contribution in [0.25, 0.3) is 21.7 Å². The van der Waals surface area contributed by atoms with E-state index in [0.29, 0.717) is 5.71 Å². The van der Waals surface area contributed by atoms with Crippen LogP contribution >= 0.6 is 0 Å². The van der Waals surface area contributed by atoms with Gasteiger partial charge in [-0.25, -0.2) is 0 Å². The second kappa shape index (κ2) is 4.35. The molecule has 3 rings (SSSR count). The average molecular weight is 250 g/mol. The Kier molecular flexibility index (Phi) is 2.67. The highest BCUT2D eigenvalue weighted by molar-refractivity contribution is 6.08. The molecule has 0 aliphatic rings. The molecule has 0 unspecified atom stereocenters. The van der Waals surface area contributed by atoms with Crippen molar-refractivity contribution < 1.29 is 4.74 Å². The van der Waals surface area contributed by atoms with Crippen LogP contribution in [0.15, 0.2) is 42.6 Å². The van der Waals surface area contributed by atoms with Gasteiger partial charge in [0.1, 0.15) is 5.75 Å². The lowest BCUT2D eigenvalue weighted by molar-refractivity contribution is 0.415. The fourth-order valence-electron chi connectivity index (χ4n) is 2.26. The van der Waals surface area contributed by atoms with Crippen molar-refractivity contribution in [3.05, 3.63) is 48.2 Å². The monoisotopic (exact) mass is 250 g/mol. The van der Waals surface area contributed by atoms with Gasteiger partial charge in [0, 0.05) is 22.7 Å².